The molecule has 2 aromatic heterocycles. The van der Waals surface area contributed by atoms with Crippen LogP contribution in [0.5, 0.6) is 0 Å². The van der Waals surface area contributed by atoms with Crippen LogP contribution >= 0.6 is 0 Å². The number of fused-ring (bicyclic) bond motifs is 5. The molecule has 4 aliphatic heterocycles. The van der Waals surface area contributed by atoms with Gasteiger partial charge in [-0.2, -0.15) is 0 Å². The second-order valence-electron chi connectivity index (χ2n) is 22.3. The first-order valence-electron chi connectivity index (χ1n) is 28.3. The lowest BCUT2D eigenvalue weighted by Gasteiger charge is -2.31. The largest absolute Gasteiger partial charge is 0.458 e. The number of esters is 1. The summed E-state index contributed by atoms with van der Waals surface area (Å²) >= 11 is 0. The van der Waals surface area contributed by atoms with E-state index in [4.69, 9.17) is 24.9 Å². The third kappa shape index (κ3) is 13.6. The number of nitrogens with zero attached hydrogens (tertiary/aromatic N) is 3. The number of nitrogens with one attached hydrogen (secondary N) is 6. The van der Waals surface area contributed by atoms with Gasteiger partial charge in [-0.1, -0.05) is 20.8 Å². The summed E-state index contributed by atoms with van der Waals surface area (Å²) in [5.74, 6) is -8.54. The van der Waals surface area contributed by atoms with Crippen molar-refractivity contribution in [2.45, 2.75) is 160 Å². The van der Waals surface area contributed by atoms with Crippen LogP contribution in [-0.2, 0) is 87.3 Å². The predicted molar refractivity (Wildman–Crippen MR) is 295 cm³/mol. The van der Waals surface area contributed by atoms with Crippen molar-refractivity contribution in [3.8, 4) is 11.4 Å². The molecule has 1 fully saturated rings. The zero-order valence-electron chi connectivity index (χ0n) is 47.7. The number of hydrogen-bond donors (Lipinski definition) is 10. The Morgan fingerprint density at radius 2 is 1.60 bits per heavy atom. The van der Waals surface area contributed by atoms with E-state index in [2.05, 4.69) is 31.9 Å². The Hall–Kier alpha value is -8.05. The molecule has 1 saturated heterocycles. The van der Waals surface area contributed by atoms with Crippen LogP contribution in [0.2, 0.25) is 0 Å². The van der Waals surface area contributed by atoms with Gasteiger partial charge in [0.25, 0.3) is 17.4 Å². The number of carbonyl (C=O) groups is 10. The molecule has 1 aromatic carbocycles. The Kier molecular flexibility index (Phi) is 19.6. The minimum absolute atomic E-state index is 0.0265. The highest BCUT2D eigenvalue weighted by Gasteiger charge is 2.47. The normalized spacial score (nSPS) is 22.0. The zero-order valence-corrected chi connectivity index (χ0v) is 47.7. The number of aromatic nitrogens is 2. The van der Waals surface area contributed by atoms with Crippen molar-refractivity contribution in [1.82, 2.24) is 46.4 Å². The number of carbonyl (C=O) groups excluding carboxylic acids is 10. The Morgan fingerprint density at radius 1 is 0.882 bits per heavy atom. The molecule has 1 unspecified atom stereocenters. The summed E-state index contributed by atoms with van der Waals surface area (Å²) in [6, 6.07) is -0.865. The number of primary amides is 1. The van der Waals surface area contributed by atoms with Gasteiger partial charge < -0.3 is 71.7 Å². The lowest BCUT2D eigenvalue weighted by molar-refractivity contribution is -0.172. The van der Waals surface area contributed by atoms with Gasteiger partial charge in [-0.25, -0.2) is 14.2 Å². The Labute approximate surface area is 486 Å². The summed E-state index contributed by atoms with van der Waals surface area (Å²) in [6.45, 7) is 6.67. The molecular formula is C57H71FN10O17. The summed E-state index contributed by atoms with van der Waals surface area (Å²) in [5.41, 5.74) is 7.53. The summed E-state index contributed by atoms with van der Waals surface area (Å²) in [6.07, 6.45) is -2.32. The molecule has 8 rings (SSSR count). The van der Waals surface area contributed by atoms with E-state index in [0.29, 0.717) is 53.1 Å². The number of aryl methyl sites for hydroxylation is 1. The minimum atomic E-state index is -2.02. The van der Waals surface area contributed by atoms with Crippen LogP contribution < -0.4 is 43.2 Å². The number of amides is 9. The van der Waals surface area contributed by atoms with Crippen molar-refractivity contribution >= 4 is 70.0 Å². The van der Waals surface area contributed by atoms with Crippen LogP contribution in [0, 0.1) is 18.7 Å². The summed E-state index contributed by atoms with van der Waals surface area (Å²) in [4.78, 5) is 147. The highest BCUT2D eigenvalue weighted by atomic mass is 19.1. The van der Waals surface area contributed by atoms with Crippen molar-refractivity contribution in [1.29, 1.82) is 0 Å². The monoisotopic (exact) mass is 1190 g/mol. The van der Waals surface area contributed by atoms with Crippen molar-refractivity contribution in [3.05, 3.63) is 73.8 Å². The van der Waals surface area contributed by atoms with E-state index < -0.39 is 144 Å². The average Bonchev–Trinajstić information content (AvgIpc) is 1.67. The second kappa shape index (κ2) is 26.5. The van der Waals surface area contributed by atoms with Gasteiger partial charge >= 0.3 is 5.97 Å². The standard InChI is InChI=1S/C57H71FN10O17/c1-6-57(82)33-18-37-49-31(22-67(37)55(80)32(33)24-84-56(57)81)46-29(9-10-30-27(4)34(58)19-36(65-49)47(30)46)8-7-17-83-25-62-52(77)28(5)63-54(79)48(26(2)3)66-53(78)35(64-42(71)15-16-60-43(72)23-68-44(73)13-14-45(68)74)11-12-41(70)61-21-39-51(76)50(75)38(85-39)20-40(59)69/h13-14,18-19,26,28-29,35,38-39,48,50-51,75-76,82H,6-12,15-17,20-25H2,1-5H3,(H2,59,69)(H,60,72)(H,61,70)(H,62,77)(H,63,79)(H,64,71)(H,66,78)/t28-,29?,35-,38-,39+,48-,50-,51+,57-/m0/s1. The first kappa shape index (κ1) is 63.0. The lowest BCUT2D eigenvalue weighted by atomic mass is 9.76. The molecule has 5 aliphatic rings. The molecule has 9 atom stereocenters. The van der Waals surface area contributed by atoms with Gasteiger partial charge in [0.05, 0.1) is 41.5 Å². The quantitative estimate of drug-likeness (QED) is 0.0144. The maximum absolute atomic E-state index is 15.4. The first-order chi connectivity index (χ1) is 40.3. The molecule has 0 radical (unpaired) electrons. The summed E-state index contributed by atoms with van der Waals surface area (Å²) in [5, 5.41) is 48.1. The lowest BCUT2D eigenvalue weighted by Crippen LogP contribution is -2.58. The summed E-state index contributed by atoms with van der Waals surface area (Å²) < 4.78 is 33.6. The van der Waals surface area contributed by atoms with Crippen LogP contribution in [-0.4, -0.2) is 164 Å². The van der Waals surface area contributed by atoms with E-state index in [9.17, 15) is 68.1 Å². The molecule has 0 spiro atoms. The number of imide groups is 1. The molecule has 9 amide bonds. The number of aliphatic hydroxyl groups is 3. The van der Waals surface area contributed by atoms with Crippen molar-refractivity contribution in [2.75, 3.05) is 33.0 Å². The molecule has 28 heteroatoms. The highest BCUT2D eigenvalue weighted by Crippen LogP contribution is 2.48. The van der Waals surface area contributed by atoms with Gasteiger partial charge in [-0.3, -0.25) is 52.8 Å². The van der Waals surface area contributed by atoms with E-state index in [1.165, 1.54) is 13.0 Å². The number of ether oxygens (including phenoxy) is 3. The smallest absolute Gasteiger partial charge is 0.343 e. The molecule has 11 N–H and O–H groups in total. The van der Waals surface area contributed by atoms with Crippen LogP contribution in [0.4, 0.5) is 4.39 Å². The Balaban J connectivity index is 0.845. The predicted octanol–water partition coefficient (Wildman–Crippen LogP) is -1.75. The van der Waals surface area contributed by atoms with Gasteiger partial charge in [0.15, 0.2) is 5.60 Å². The minimum Gasteiger partial charge on any atom is -0.458 e. The van der Waals surface area contributed by atoms with Gasteiger partial charge in [0.1, 0.15) is 62.1 Å². The molecule has 0 saturated carbocycles. The van der Waals surface area contributed by atoms with Gasteiger partial charge in [0, 0.05) is 67.3 Å². The molecule has 6 heterocycles. The number of aliphatic hydroxyl groups excluding tert-OH is 2. The number of cyclic esters (lactones) is 1. The molecule has 3 aromatic rings. The fourth-order valence-electron chi connectivity index (χ4n) is 11.5. The molecule has 85 heavy (non-hydrogen) atoms. The fourth-order valence-corrected chi connectivity index (χ4v) is 11.5. The van der Waals surface area contributed by atoms with E-state index in [1.54, 1.807) is 38.3 Å². The summed E-state index contributed by atoms with van der Waals surface area (Å²) in [7, 11) is 0. The van der Waals surface area contributed by atoms with E-state index in [-0.39, 0.29) is 75.9 Å². The van der Waals surface area contributed by atoms with Crippen LogP contribution in [0.1, 0.15) is 118 Å². The molecular weight excluding hydrogens is 1120 g/mol. The van der Waals surface area contributed by atoms with Crippen molar-refractivity contribution < 1.29 is 81.9 Å². The fraction of sp³-hybridized carbons (Fsp3) is 0.544. The molecule has 0 bridgehead atoms. The molecule has 27 nitrogen and oxygen atoms in total. The number of nitrogens with two attached hydrogens (primary N) is 1. The number of halogens is 1. The molecule has 458 valence electrons. The number of rotatable bonds is 26. The van der Waals surface area contributed by atoms with Gasteiger partial charge in [0.2, 0.25) is 41.4 Å². The van der Waals surface area contributed by atoms with Crippen molar-refractivity contribution in [3.63, 3.8) is 0 Å². The second-order valence-corrected chi connectivity index (χ2v) is 22.3. The highest BCUT2D eigenvalue weighted by molar-refractivity contribution is 6.14. The maximum atomic E-state index is 15.4. The van der Waals surface area contributed by atoms with Crippen molar-refractivity contribution in [2.24, 2.45) is 11.7 Å². The van der Waals surface area contributed by atoms with E-state index in [0.717, 1.165) is 34.2 Å². The van der Waals surface area contributed by atoms with Crippen LogP contribution in [0.15, 0.2) is 29.1 Å². The van der Waals surface area contributed by atoms with E-state index in [1.807, 2.05) is 0 Å². The SMILES string of the molecule is CC[C@@]1(O)C(=O)OCc2c1cc1n(c2=O)Cc2c-1nc1cc(F)c(C)c3c1c2C(CCCOCNC(=O)[C@H](C)NC(=O)[C@@H](NC(=O)[C@H](CCC(=O)NC[C@H]1O[C@@H](CC(N)=O)[C@H](O)[C@@H]1O)NC(=O)CCNC(=O)CN1C(=O)C=CC1=O)C(C)C)CC3. The maximum Gasteiger partial charge on any atom is 0.343 e. The molecule has 1 aliphatic carbocycles. The average molecular weight is 1190 g/mol. The third-order valence-corrected chi connectivity index (χ3v) is 16.2. The van der Waals surface area contributed by atoms with Crippen LogP contribution in [0.25, 0.3) is 22.3 Å². The Bertz CT molecular complexity index is 3300. The first-order valence-corrected chi connectivity index (χ1v) is 28.3. The van der Waals surface area contributed by atoms with Gasteiger partial charge in [-0.15, -0.1) is 0 Å². The number of hydrogen-bond acceptors (Lipinski definition) is 18. The number of benzene rings is 1. The van der Waals surface area contributed by atoms with Crippen LogP contribution in [0.3, 0.4) is 0 Å². The Morgan fingerprint density at radius 3 is 2.29 bits per heavy atom. The van der Waals surface area contributed by atoms with E-state index >= 15 is 4.39 Å². The number of pyridine rings is 2. The third-order valence-electron chi connectivity index (χ3n) is 16.2. The zero-order chi connectivity index (χ0) is 61.8. The topological polar surface area (TPSA) is 395 Å². The van der Waals surface area contributed by atoms with Gasteiger partial charge in [-0.05, 0) is 87.0 Å².